The van der Waals surface area contributed by atoms with E-state index >= 15 is 0 Å². The van der Waals surface area contributed by atoms with Crippen molar-refractivity contribution in [1.82, 2.24) is 19.7 Å². The number of aromatic nitrogens is 4. The molecule has 1 N–H and O–H groups in total. The number of nitrogens with one attached hydrogen (secondary N) is 1. The van der Waals surface area contributed by atoms with Crippen LogP contribution in [0, 0.1) is 20.8 Å². The normalized spacial score (nSPS) is 11.2. The molecule has 2 aromatic heterocycles. The largest absolute Gasteiger partial charge is 0.337 e. The van der Waals surface area contributed by atoms with E-state index in [4.69, 9.17) is 44.8 Å². The third-order valence-corrected chi connectivity index (χ3v) is 5.46. The molecule has 0 saturated carbocycles. The Labute approximate surface area is 177 Å². The topological polar surface area (TPSA) is 55.6 Å². The first kappa shape index (κ1) is 19.0. The lowest BCUT2D eigenvalue weighted by atomic mass is 10.2. The standard InChI is InChI=1S/C20H16Cl3N5/c1-10-4-5-13(7-14(10)21)24-19-20(28-12(3)6-11(2)27-28)26-18-9-16(23)15(22)8-17(18)25-19/h4-9H,1-3H3,(H,24,25). The number of hydrogen-bond donors (Lipinski definition) is 1. The fourth-order valence-corrected chi connectivity index (χ4v) is 3.42. The Morgan fingerprint density at radius 2 is 1.50 bits per heavy atom. The molecule has 0 fully saturated rings. The van der Waals surface area contributed by atoms with E-state index in [1.165, 1.54) is 0 Å². The maximum Gasteiger partial charge on any atom is 0.197 e. The lowest BCUT2D eigenvalue weighted by molar-refractivity contribution is 0.808. The second-order valence-electron chi connectivity index (χ2n) is 6.58. The van der Waals surface area contributed by atoms with Crippen LogP contribution in [0.25, 0.3) is 16.9 Å². The smallest absolute Gasteiger partial charge is 0.197 e. The highest BCUT2D eigenvalue weighted by atomic mass is 35.5. The molecule has 0 bridgehead atoms. The molecule has 2 aromatic carbocycles. The van der Waals surface area contributed by atoms with Crippen molar-refractivity contribution in [2.75, 3.05) is 5.32 Å². The molecule has 0 aliphatic rings. The Kier molecular flexibility index (Phi) is 4.91. The van der Waals surface area contributed by atoms with Crippen molar-refractivity contribution in [2.45, 2.75) is 20.8 Å². The summed E-state index contributed by atoms with van der Waals surface area (Å²) in [4.78, 5) is 9.49. The molecule has 0 unspecified atom stereocenters. The second-order valence-corrected chi connectivity index (χ2v) is 7.80. The molecule has 0 spiro atoms. The fraction of sp³-hybridized carbons (Fsp3) is 0.150. The van der Waals surface area contributed by atoms with Gasteiger partial charge in [-0.05, 0) is 56.7 Å². The molecule has 0 amide bonds. The molecule has 4 rings (SSSR count). The van der Waals surface area contributed by atoms with Gasteiger partial charge in [-0.3, -0.25) is 0 Å². The highest BCUT2D eigenvalue weighted by Crippen LogP contribution is 2.31. The van der Waals surface area contributed by atoms with E-state index < -0.39 is 0 Å². The first-order valence-corrected chi connectivity index (χ1v) is 9.69. The maximum atomic E-state index is 6.27. The van der Waals surface area contributed by atoms with E-state index in [1.54, 1.807) is 16.8 Å². The zero-order valence-electron chi connectivity index (χ0n) is 15.4. The third kappa shape index (κ3) is 3.53. The number of nitrogens with zero attached hydrogens (tertiary/aromatic N) is 4. The summed E-state index contributed by atoms with van der Waals surface area (Å²) >= 11 is 18.6. The van der Waals surface area contributed by atoms with Gasteiger partial charge in [0.15, 0.2) is 11.6 Å². The van der Waals surface area contributed by atoms with Gasteiger partial charge >= 0.3 is 0 Å². The Morgan fingerprint density at radius 1 is 0.821 bits per heavy atom. The van der Waals surface area contributed by atoms with Gasteiger partial charge in [0, 0.05) is 16.4 Å². The highest BCUT2D eigenvalue weighted by Gasteiger charge is 2.16. The second kappa shape index (κ2) is 7.24. The minimum atomic E-state index is 0.423. The van der Waals surface area contributed by atoms with Crippen LogP contribution in [0.2, 0.25) is 15.1 Å². The van der Waals surface area contributed by atoms with E-state index in [0.29, 0.717) is 37.7 Å². The Bertz CT molecular complexity index is 1220. The lowest BCUT2D eigenvalue weighted by Gasteiger charge is -2.14. The van der Waals surface area contributed by atoms with Gasteiger partial charge in [0.05, 0.1) is 26.8 Å². The minimum Gasteiger partial charge on any atom is -0.337 e. The van der Waals surface area contributed by atoms with Crippen molar-refractivity contribution < 1.29 is 0 Å². The number of fused-ring (bicyclic) bond motifs is 1. The van der Waals surface area contributed by atoms with Gasteiger partial charge in [0.25, 0.3) is 0 Å². The SMILES string of the molecule is Cc1cc(C)n(-c2nc3cc(Cl)c(Cl)cc3nc2Nc2ccc(C)c(Cl)c2)n1. The lowest BCUT2D eigenvalue weighted by Crippen LogP contribution is -2.09. The molecule has 0 radical (unpaired) electrons. The van der Waals surface area contributed by atoms with Gasteiger partial charge in [-0.15, -0.1) is 0 Å². The molecule has 0 aliphatic heterocycles. The van der Waals surface area contributed by atoms with Gasteiger partial charge in [-0.2, -0.15) is 5.10 Å². The van der Waals surface area contributed by atoms with Crippen LogP contribution < -0.4 is 5.32 Å². The van der Waals surface area contributed by atoms with E-state index in [1.807, 2.05) is 45.0 Å². The predicted octanol–water partition coefficient (Wildman–Crippen LogP) is 6.44. The number of halogens is 3. The number of hydrogen-bond acceptors (Lipinski definition) is 4. The number of rotatable bonds is 3. The van der Waals surface area contributed by atoms with Gasteiger partial charge in [-0.25, -0.2) is 14.6 Å². The van der Waals surface area contributed by atoms with Crippen LogP contribution in [0.4, 0.5) is 11.5 Å². The molecule has 2 heterocycles. The van der Waals surface area contributed by atoms with Crippen molar-refractivity contribution in [3.05, 3.63) is 68.4 Å². The Morgan fingerprint density at radius 3 is 2.11 bits per heavy atom. The summed E-state index contributed by atoms with van der Waals surface area (Å²) in [6, 6.07) is 11.1. The van der Waals surface area contributed by atoms with Crippen LogP contribution in [-0.2, 0) is 0 Å². The van der Waals surface area contributed by atoms with Crippen LogP contribution in [0.15, 0.2) is 36.4 Å². The predicted molar refractivity (Wildman–Crippen MR) is 116 cm³/mol. The molecule has 5 nitrogen and oxygen atoms in total. The van der Waals surface area contributed by atoms with Gasteiger partial charge in [-0.1, -0.05) is 40.9 Å². The van der Waals surface area contributed by atoms with Crippen LogP contribution in [0.5, 0.6) is 0 Å². The minimum absolute atomic E-state index is 0.423. The van der Waals surface area contributed by atoms with Gasteiger partial charge < -0.3 is 5.32 Å². The van der Waals surface area contributed by atoms with E-state index in [-0.39, 0.29) is 0 Å². The van der Waals surface area contributed by atoms with Crippen LogP contribution in [-0.4, -0.2) is 19.7 Å². The van der Waals surface area contributed by atoms with Gasteiger partial charge in [0.2, 0.25) is 0 Å². The Hall–Kier alpha value is -2.34. The maximum absolute atomic E-state index is 6.27. The van der Waals surface area contributed by atoms with Gasteiger partial charge in [0.1, 0.15) is 0 Å². The van der Waals surface area contributed by atoms with Crippen molar-refractivity contribution >= 4 is 57.3 Å². The molecule has 8 heteroatoms. The molecular weight excluding hydrogens is 417 g/mol. The first-order chi connectivity index (χ1) is 13.3. The zero-order valence-corrected chi connectivity index (χ0v) is 17.7. The Balaban J connectivity index is 1.93. The molecule has 28 heavy (non-hydrogen) atoms. The fourth-order valence-electron chi connectivity index (χ4n) is 2.92. The van der Waals surface area contributed by atoms with Crippen LogP contribution in [0.1, 0.15) is 17.0 Å². The highest BCUT2D eigenvalue weighted by molar-refractivity contribution is 6.42. The number of benzene rings is 2. The molecular formula is C20H16Cl3N5. The van der Waals surface area contributed by atoms with E-state index in [9.17, 15) is 0 Å². The summed E-state index contributed by atoms with van der Waals surface area (Å²) in [5, 5.41) is 9.37. The average molecular weight is 433 g/mol. The molecule has 0 aliphatic carbocycles. The summed E-state index contributed by atoms with van der Waals surface area (Å²) < 4.78 is 1.75. The van der Waals surface area contributed by atoms with Crippen LogP contribution in [0.3, 0.4) is 0 Å². The van der Waals surface area contributed by atoms with Crippen molar-refractivity contribution in [2.24, 2.45) is 0 Å². The number of anilines is 2. The quantitative estimate of drug-likeness (QED) is 0.404. The summed E-state index contributed by atoms with van der Waals surface area (Å²) in [5.41, 5.74) is 4.88. The summed E-state index contributed by atoms with van der Waals surface area (Å²) in [6.07, 6.45) is 0. The monoisotopic (exact) mass is 431 g/mol. The van der Waals surface area contributed by atoms with Crippen molar-refractivity contribution in [3.63, 3.8) is 0 Å². The van der Waals surface area contributed by atoms with E-state index in [2.05, 4.69) is 10.4 Å². The summed E-state index contributed by atoms with van der Waals surface area (Å²) in [7, 11) is 0. The average Bonchev–Trinajstić information content (AvgIpc) is 2.97. The van der Waals surface area contributed by atoms with E-state index in [0.717, 1.165) is 22.6 Å². The third-order valence-electron chi connectivity index (χ3n) is 4.33. The van der Waals surface area contributed by atoms with Crippen molar-refractivity contribution in [3.8, 4) is 5.82 Å². The molecule has 142 valence electrons. The van der Waals surface area contributed by atoms with Crippen LogP contribution >= 0.6 is 34.8 Å². The zero-order chi connectivity index (χ0) is 20.0. The van der Waals surface area contributed by atoms with Crippen molar-refractivity contribution in [1.29, 1.82) is 0 Å². The molecule has 0 atom stereocenters. The first-order valence-electron chi connectivity index (χ1n) is 8.55. The summed E-state index contributed by atoms with van der Waals surface area (Å²) in [5.74, 6) is 1.10. The molecule has 0 saturated heterocycles. The summed E-state index contributed by atoms with van der Waals surface area (Å²) in [6.45, 7) is 5.85. The number of aryl methyl sites for hydroxylation is 3. The molecule has 4 aromatic rings.